The first kappa shape index (κ1) is 19.5. The van der Waals surface area contributed by atoms with Gasteiger partial charge in [0, 0.05) is 25.0 Å². The summed E-state index contributed by atoms with van der Waals surface area (Å²) in [7, 11) is -1.62. The minimum Gasteiger partial charge on any atom is -0.547 e. The van der Waals surface area contributed by atoms with Crippen LogP contribution >= 0.6 is 0 Å². The van der Waals surface area contributed by atoms with Crippen molar-refractivity contribution in [1.82, 2.24) is 4.90 Å². The van der Waals surface area contributed by atoms with Crippen molar-refractivity contribution in [2.24, 2.45) is 0 Å². The van der Waals surface area contributed by atoms with Crippen LogP contribution in [-0.2, 0) is 11.0 Å². The molecule has 2 atom stereocenters. The van der Waals surface area contributed by atoms with Gasteiger partial charge in [0.25, 0.3) is 0 Å². The molecule has 0 unspecified atom stereocenters. The Morgan fingerprint density at radius 3 is 2.25 bits per heavy atom. The number of hydrogen-bond donors (Lipinski definition) is 0. The summed E-state index contributed by atoms with van der Waals surface area (Å²) in [6, 6.07) is 22.9. The molecule has 1 heterocycles. The average molecular weight is 392 g/mol. The van der Waals surface area contributed by atoms with E-state index in [1.165, 1.54) is 42.6 Å². The Hall–Kier alpha value is -1.84. The van der Waals surface area contributed by atoms with Crippen LogP contribution in [0.15, 0.2) is 72.0 Å². The number of benzene rings is 2. The molecule has 3 heteroatoms. The number of nitrogens with zero attached hydrogens (tertiary/aromatic N) is 1. The Morgan fingerprint density at radius 2 is 1.57 bits per heavy atom. The molecule has 1 fully saturated rings. The molecule has 0 saturated heterocycles. The lowest BCUT2D eigenvalue weighted by Gasteiger charge is -2.47. The molecule has 1 aliphatic carbocycles. The standard InChI is InChI=1S/C25H33NOSi/c1-28(2,3)27-25-18-24(21-14-8-5-9-15-21)26(19-20-12-6-4-7-13-20)23-17-11-10-16-22(23)25/h4-9,12-15,23-24H,10-11,16-19H2,1-3H3/t23-,24-/m0/s1. The maximum atomic E-state index is 6.69. The largest absolute Gasteiger partial charge is 0.547 e. The predicted octanol–water partition coefficient (Wildman–Crippen LogP) is 6.68. The van der Waals surface area contributed by atoms with Gasteiger partial charge in [0.1, 0.15) is 0 Å². The van der Waals surface area contributed by atoms with Crippen LogP contribution in [0.5, 0.6) is 0 Å². The van der Waals surface area contributed by atoms with Crippen LogP contribution in [0.3, 0.4) is 0 Å². The maximum absolute atomic E-state index is 6.69. The fourth-order valence-corrected chi connectivity index (χ4v) is 5.76. The lowest BCUT2D eigenvalue weighted by atomic mass is 9.81. The third-order valence-electron chi connectivity index (χ3n) is 5.94. The normalized spacial score (nSPS) is 23.4. The highest BCUT2D eigenvalue weighted by Gasteiger charge is 2.39. The predicted molar refractivity (Wildman–Crippen MR) is 119 cm³/mol. The molecule has 0 amide bonds. The SMILES string of the molecule is C[Si](C)(C)OC1=C2CCCC[C@@H]2N(Cc2ccccc2)[C@H](c2ccccc2)C1. The molecule has 2 aliphatic rings. The maximum Gasteiger partial charge on any atom is 0.241 e. The van der Waals surface area contributed by atoms with Crippen LogP contribution in [0, 0.1) is 0 Å². The smallest absolute Gasteiger partial charge is 0.241 e. The number of hydrogen-bond acceptors (Lipinski definition) is 2. The van der Waals surface area contributed by atoms with E-state index in [4.69, 9.17) is 4.43 Å². The molecule has 1 aliphatic heterocycles. The van der Waals surface area contributed by atoms with Gasteiger partial charge in [-0.2, -0.15) is 0 Å². The molecule has 2 aromatic rings. The van der Waals surface area contributed by atoms with E-state index in [9.17, 15) is 0 Å². The van der Waals surface area contributed by atoms with Gasteiger partial charge in [0.05, 0.1) is 5.76 Å². The van der Waals surface area contributed by atoms with E-state index in [1.54, 1.807) is 5.57 Å². The molecule has 1 saturated carbocycles. The molecular formula is C25H33NOSi. The molecule has 2 nitrogen and oxygen atoms in total. The van der Waals surface area contributed by atoms with Gasteiger partial charge >= 0.3 is 0 Å². The number of rotatable bonds is 5. The topological polar surface area (TPSA) is 12.5 Å². The molecule has 28 heavy (non-hydrogen) atoms. The van der Waals surface area contributed by atoms with Gasteiger partial charge in [0.15, 0.2) is 0 Å². The lowest BCUT2D eigenvalue weighted by molar-refractivity contribution is 0.0926. The van der Waals surface area contributed by atoms with E-state index in [-0.39, 0.29) is 0 Å². The Balaban J connectivity index is 1.74. The summed E-state index contributed by atoms with van der Waals surface area (Å²) in [5.74, 6) is 1.32. The molecule has 0 spiro atoms. The van der Waals surface area contributed by atoms with Crippen molar-refractivity contribution in [3.05, 3.63) is 83.1 Å². The molecule has 4 rings (SSSR count). The van der Waals surface area contributed by atoms with Crippen LogP contribution in [0.1, 0.15) is 49.3 Å². The average Bonchev–Trinajstić information content (AvgIpc) is 2.70. The molecule has 0 bridgehead atoms. The Labute approximate surface area is 171 Å². The fourth-order valence-electron chi connectivity index (χ4n) is 4.80. The van der Waals surface area contributed by atoms with E-state index in [1.807, 2.05) is 0 Å². The van der Waals surface area contributed by atoms with Gasteiger partial charge in [0.2, 0.25) is 8.32 Å². The van der Waals surface area contributed by atoms with Crippen molar-refractivity contribution < 1.29 is 4.43 Å². The van der Waals surface area contributed by atoms with Gasteiger partial charge in [-0.15, -0.1) is 0 Å². The molecule has 148 valence electrons. The van der Waals surface area contributed by atoms with Gasteiger partial charge in [-0.05, 0) is 55.6 Å². The van der Waals surface area contributed by atoms with Crippen LogP contribution in [0.2, 0.25) is 19.6 Å². The van der Waals surface area contributed by atoms with E-state index >= 15 is 0 Å². The van der Waals surface area contributed by atoms with Gasteiger partial charge in [-0.1, -0.05) is 67.1 Å². The summed E-state index contributed by atoms with van der Waals surface area (Å²) in [6.45, 7) is 7.94. The monoisotopic (exact) mass is 391 g/mol. The second-order valence-electron chi connectivity index (χ2n) is 9.21. The van der Waals surface area contributed by atoms with Crippen molar-refractivity contribution in [3.8, 4) is 0 Å². The highest BCUT2D eigenvalue weighted by Crippen LogP contribution is 2.45. The van der Waals surface area contributed by atoms with Crippen LogP contribution in [-0.4, -0.2) is 19.3 Å². The first-order valence-electron chi connectivity index (χ1n) is 10.8. The van der Waals surface area contributed by atoms with Crippen molar-refractivity contribution >= 4 is 8.32 Å². The molecule has 2 aromatic carbocycles. The molecule has 0 aromatic heterocycles. The summed E-state index contributed by atoms with van der Waals surface area (Å²) in [6.07, 6.45) is 6.09. The zero-order valence-electron chi connectivity index (χ0n) is 17.5. The molecule has 0 radical (unpaired) electrons. The zero-order valence-corrected chi connectivity index (χ0v) is 18.5. The highest BCUT2D eigenvalue weighted by atomic mass is 28.4. The highest BCUT2D eigenvalue weighted by molar-refractivity contribution is 6.70. The Bertz CT molecular complexity index is 809. The third-order valence-corrected chi connectivity index (χ3v) is 6.79. The summed E-state index contributed by atoms with van der Waals surface area (Å²) in [5.41, 5.74) is 4.42. The molecule has 0 N–H and O–H groups in total. The first-order chi connectivity index (χ1) is 13.5. The van der Waals surface area contributed by atoms with E-state index < -0.39 is 8.32 Å². The second kappa shape index (κ2) is 8.26. The van der Waals surface area contributed by atoms with E-state index in [0.717, 1.165) is 13.0 Å². The lowest BCUT2D eigenvalue weighted by Crippen LogP contribution is -2.45. The quantitative estimate of drug-likeness (QED) is 0.527. The van der Waals surface area contributed by atoms with Crippen molar-refractivity contribution in [1.29, 1.82) is 0 Å². The van der Waals surface area contributed by atoms with Gasteiger partial charge < -0.3 is 4.43 Å². The molecular weight excluding hydrogens is 358 g/mol. The van der Waals surface area contributed by atoms with Crippen LogP contribution in [0.4, 0.5) is 0 Å². The van der Waals surface area contributed by atoms with Gasteiger partial charge in [-0.3, -0.25) is 4.90 Å². The van der Waals surface area contributed by atoms with Gasteiger partial charge in [-0.25, -0.2) is 0 Å². The minimum atomic E-state index is -1.62. The van der Waals surface area contributed by atoms with E-state index in [0.29, 0.717) is 12.1 Å². The van der Waals surface area contributed by atoms with Crippen molar-refractivity contribution in [3.63, 3.8) is 0 Å². The summed E-state index contributed by atoms with van der Waals surface area (Å²) in [5, 5.41) is 0. The van der Waals surface area contributed by atoms with E-state index in [2.05, 4.69) is 85.2 Å². The van der Waals surface area contributed by atoms with Crippen LogP contribution < -0.4 is 0 Å². The summed E-state index contributed by atoms with van der Waals surface area (Å²) in [4.78, 5) is 2.76. The fraction of sp³-hybridized carbons (Fsp3) is 0.440. The Kier molecular flexibility index (Phi) is 5.74. The summed E-state index contributed by atoms with van der Waals surface area (Å²) < 4.78 is 6.69. The van der Waals surface area contributed by atoms with Crippen molar-refractivity contribution in [2.45, 2.75) is 70.4 Å². The Morgan fingerprint density at radius 1 is 0.893 bits per heavy atom. The first-order valence-corrected chi connectivity index (χ1v) is 14.2. The van der Waals surface area contributed by atoms with Crippen LogP contribution in [0.25, 0.3) is 0 Å². The minimum absolute atomic E-state index is 0.389. The third kappa shape index (κ3) is 4.42. The number of fused-ring (bicyclic) bond motifs is 1. The summed E-state index contributed by atoms with van der Waals surface area (Å²) >= 11 is 0. The van der Waals surface area contributed by atoms with Crippen molar-refractivity contribution in [2.75, 3.05) is 0 Å². The zero-order chi connectivity index (χ0) is 19.6. The second-order valence-corrected chi connectivity index (χ2v) is 13.6.